The van der Waals surface area contributed by atoms with Gasteiger partial charge in [0.2, 0.25) is 0 Å². The highest BCUT2D eigenvalue weighted by Crippen LogP contribution is 2.41. The average Bonchev–Trinajstić information content (AvgIpc) is 3.17. The summed E-state index contributed by atoms with van der Waals surface area (Å²) >= 11 is 0. The van der Waals surface area contributed by atoms with Gasteiger partial charge in [-0.2, -0.15) is 5.10 Å². The van der Waals surface area contributed by atoms with Gasteiger partial charge in [-0.1, -0.05) is 0 Å². The lowest BCUT2D eigenvalue weighted by molar-refractivity contribution is -0.138. The molecule has 9 nitrogen and oxygen atoms in total. The number of esters is 1. The van der Waals surface area contributed by atoms with Crippen LogP contribution in [0.3, 0.4) is 0 Å². The Morgan fingerprint density at radius 2 is 1.91 bits per heavy atom. The molecule has 1 aliphatic carbocycles. The molecule has 32 heavy (non-hydrogen) atoms. The maximum atomic E-state index is 13.2. The Bertz CT molecular complexity index is 1190. The summed E-state index contributed by atoms with van der Waals surface area (Å²) in [5, 5.41) is 5.16. The molecule has 2 atom stereocenters. The van der Waals surface area contributed by atoms with Crippen molar-refractivity contribution in [3.8, 4) is 0 Å². The molecule has 5 rings (SSSR count). The van der Waals surface area contributed by atoms with Crippen molar-refractivity contribution in [3.05, 3.63) is 23.0 Å². The summed E-state index contributed by atoms with van der Waals surface area (Å²) in [6.45, 7) is 4.79. The summed E-state index contributed by atoms with van der Waals surface area (Å²) in [5.74, 6) is -0.302. The van der Waals surface area contributed by atoms with Gasteiger partial charge in [-0.05, 0) is 52.0 Å². The molecular formula is C22H28N4O5S. The van der Waals surface area contributed by atoms with Crippen molar-refractivity contribution >= 4 is 32.7 Å². The van der Waals surface area contributed by atoms with Gasteiger partial charge >= 0.3 is 5.97 Å². The van der Waals surface area contributed by atoms with Crippen LogP contribution in [0.4, 0.5) is 0 Å². The largest absolute Gasteiger partial charge is 0.449 e. The van der Waals surface area contributed by atoms with E-state index in [9.17, 15) is 18.0 Å². The molecule has 0 spiro atoms. The molecule has 0 bridgehead atoms. The van der Waals surface area contributed by atoms with Crippen LogP contribution in [0.5, 0.6) is 0 Å². The normalized spacial score (nSPS) is 23.6. The third-order valence-corrected chi connectivity index (χ3v) is 8.43. The lowest BCUT2D eigenvalue weighted by atomic mass is 10.1. The number of carbonyl (C=O) groups is 2. The first kappa shape index (κ1) is 21.4. The van der Waals surface area contributed by atoms with Gasteiger partial charge in [0.1, 0.15) is 0 Å². The van der Waals surface area contributed by atoms with Crippen LogP contribution < -0.4 is 0 Å². The highest BCUT2D eigenvalue weighted by Gasteiger charge is 2.35. The highest BCUT2D eigenvalue weighted by atomic mass is 32.2. The third-order valence-electron chi connectivity index (χ3n) is 6.68. The van der Waals surface area contributed by atoms with E-state index in [0.717, 1.165) is 31.4 Å². The van der Waals surface area contributed by atoms with Gasteiger partial charge < -0.3 is 9.64 Å². The number of ether oxygens (including phenoxy) is 1. The minimum Gasteiger partial charge on any atom is -0.449 e. The number of sulfone groups is 1. The van der Waals surface area contributed by atoms with Gasteiger partial charge in [-0.3, -0.25) is 4.79 Å². The number of fused-ring (bicyclic) bond motifs is 1. The predicted molar refractivity (Wildman–Crippen MR) is 117 cm³/mol. The number of hydrogen-bond acceptors (Lipinski definition) is 7. The number of rotatable bonds is 5. The van der Waals surface area contributed by atoms with Crippen LogP contribution in [0.2, 0.25) is 0 Å². The molecule has 3 aliphatic rings. The zero-order chi connectivity index (χ0) is 22.6. The van der Waals surface area contributed by atoms with Gasteiger partial charge in [-0.25, -0.2) is 22.9 Å². The van der Waals surface area contributed by atoms with Crippen LogP contribution in [0, 0.1) is 6.92 Å². The predicted octanol–water partition coefficient (Wildman–Crippen LogP) is 2.14. The summed E-state index contributed by atoms with van der Waals surface area (Å²) in [6.07, 6.45) is 3.55. The zero-order valence-electron chi connectivity index (χ0n) is 18.4. The quantitative estimate of drug-likeness (QED) is 0.629. The number of carbonyl (C=O) groups excluding carboxylic acids is 2. The maximum absolute atomic E-state index is 13.2. The number of aryl methyl sites for hydroxylation is 1. The van der Waals surface area contributed by atoms with Gasteiger partial charge in [0.05, 0.1) is 34.2 Å². The SMILES string of the molecule is Cc1nn(C2CCS(=O)(=O)C2)c2nc(C3CC3)cc(C(=O)OC(C)C(=O)N3CCCC3)c12. The molecule has 0 radical (unpaired) electrons. The fourth-order valence-corrected chi connectivity index (χ4v) is 6.47. The summed E-state index contributed by atoms with van der Waals surface area (Å²) in [5.41, 5.74) is 2.27. The monoisotopic (exact) mass is 460 g/mol. The molecule has 4 heterocycles. The molecule has 172 valence electrons. The molecule has 1 amide bonds. The lowest BCUT2D eigenvalue weighted by Crippen LogP contribution is -2.38. The Morgan fingerprint density at radius 1 is 1.19 bits per heavy atom. The Hall–Kier alpha value is -2.49. The number of hydrogen-bond donors (Lipinski definition) is 0. The number of pyridine rings is 1. The molecule has 2 aliphatic heterocycles. The average molecular weight is 461 g/mol. The second-order valence-electron chi connectivity index (χ2n) is 9.23. The Balaban J connectivity index is 1.50. The third kappa shape index (κ3) is 3.89. The summed E-state index contributed by atoms with van der Waals surface area (Å²) in [7, 11) is -3.10. The Morgan fingerprint density at radius 3 is 2.53 bits per heavy atom. The fraction of sp³-hybridized carbons (Fsp3) is 0.636. The lowest BCUT2D eigenvalue weighted by Gasteiger charge is -2.20. The van der Waals surface area contributed by atoms with Crippen molar-refractivity contribution < 1.29 is 22.7 Å². The highest BCUT2D eigenvalue weighted by molar-refractivity contribution is 7.91. The number of likely N-dealkylation sites (tertiary alicyclic amines) is 1. The van der Waals surface area contributed by atoms with E-state index in [4.69, 9.17) is 9.72 Å². The number of aromatic nitrogens is 3. The van der Waals surface area contributed by atoms with E-state index in [-0.39, 0.29) is 29.4 Å². The summed E-state index contributed by atoms with van der Waals surface area (Å²) < 4.78 is 31.4. The van der Waals surface area contributed by atoms with E-state index < -0.39 is 21.9 Å². The minimum absolute atomic E-state index is 0.0275. The zero-order valence-corrected chi connectivity index (χ0v) is 19.2. The smallest absolute Gasteiger partial charge is 0.339 e. The van der Waals surface area contributed by atoms with Crippen molar-refractivity contribution in [2.24, 2.45) is 0 Å². The molecule has 2 aromatic rings. The molecule has 0 N–H and O–H groups in total. The Labute approximate surface area is 187 Å². The van der Waals surface area contributed by atoms with Crippen LogP contribution in [-0.4, -0.2) is 70.7 Å². The number of amides is 1. The molecule has 2 saturated heterocycles. The summed E-state index contributed by atoms with van der Waals surface area (Å²) in [6, 6.07) is 1.47. The van der Waals surface area contributed by atoms with Gasteiger partial charge in [-0.15, -0.1) is 0 Å². The molecule has 3 fully saturated rings. The van der Waals surface area contributed by atoms with Crippen LogP contribution in [0.1, 0.15) is 72.7 Å². The standard InChI is InChI=1S/C22H28N4O5S/c1-13-19-17(22(28)31-14(2)21(27)25-8-3-4-9-25)11-18(15-5-6-15)23-20(19)26(24-13)16-7-10-32(29,30)12-16/h11,14-16H,3-10,12H2,1-2H3. The first-order chi connectivity index (χ1) is 15.2. The first-order valence-corrected chi connectivity index (χ1v) is 13.2. The van der Waals surface area contributed by atoms with Gasteiger partial charge in [0.25, 0.3) is 5.91 Å². The van der Waals surface area contributed by atoms with E-state index in [2.05, 4.69) is 5.10 Å². The molecule has 0 aromatic carbocycles. The Kier molecular flexibility index (Phi) is 5.22. The second kappa shape index (κ2) is 7.83. The summed E-state index contributed by atoms with van der Waals surface area (Å²) in [4.78, 5) is 32.4. The van der Waals surface area contributed by atoms with Crippen molar-refractivity contribution in [2.45, 2.75) is 64.0 Å². The molecule has 1 saturated carbocycles. The molecular weight excluding hydrogens is 432 g/mol. The topological polar surface area (TPSA) is 111 Å². The van der Waals surface area contributed by atoms with Gasteiger partial charge in [0, 0.05) is 24.7 Å². The van der Waals surface area contributed by atoms with Crippen molar-refractivity contribution in [2.75, 3.05) is 24.6 Å². The molecule has 2 unspecified atom stereocenters. The second-order valence-corrected chi connectivity index (χ2v) is 11.5. The molecule has 10 heteroatoms. The van der Waals surface area contributed by atoms with E-state index >= 15 is 0 Å². The van der Waals surface area contributed by atoms with Crippen molar-refractivity contribution in [3.63, 3.8) is 0 Å². The molecule has 2 aromatic heterocycles. The van der Waals surface area contributed by atoms with Crippen molar-refractivity contribution in [1.29, 1.82) is 0 Å². The number of nitrogens with zero attached hydrogens (tertiary/aromatic N) is 4. The van der Waals surface area contributed by atoms with E-state index in [0.29, 0.717) is 41.8 Å². The van der Waals surface area contributed by atoms with Gasteiger partial charge in [0.15, 0.2) is 21.6 Å². The van der Waals surface area contributed by atoms with Crippen molar-refractivity contribution in [1.82, 2.24) is 19.7 Å². The van der Waals surface area contributed by atoms with E-state index in [1.165, 1.54) is 0 Å². The van der Waals surface area contributed by atoms with E-state index in [1.807, 2.05) is 0 Å². The van der Waals surface area contributed by atoms with Crippen LogP contribution in [0.25, 0.3) is 11.0 Å². The van der Waals surface area contributed by atoms with E-state index in [1.54, 1.807) is 29.5 Å². The van der Waals surface area contributed by atoms with Crippen LogP contribution in [0.15, 0.2) is 6.07 Å². The van der Waals surface area contributed by atoms with Crippen LogP contribution >= 0.6 is 0 Å². The van der Waals surface area contributed by atoms with Crippen LogP contribution in [-0.2, 0) is 19.4 Å². The maximum Gasteiger partial charge on any atom is 0.339 e. The minimum atomic E-state index is -3.10. The fourth-order valence-electron chi connectivity index (χ4n) is 4.77. The first-order valence-electron chi connectivity index (χ1n) is 11.3.